The minimum Gasteiger partial charge on any atom is -0.211 e. The Bertz CT molecular complexity index is 200. The summed E-state index contributed by atoms with van der Waals surface area (Å²) in [6.07, 6.45) is 4.08. The molecule has 0 amide bonds. The van der Waals surface area contributed by atoms with E-state index in [2.05, 4.69) is 16.6 Å². The van der Waals surface area contributed by atoms with E-state index in [1.165, 1.54) is 18.2 Å². The van der Waals surface area contributed by atoms with Crippen molar-refractivity contribution in [2.75, 3.05) is 6.54 Å². The van der Waals surface area contributed by atoms with Gasteiger partial charge in [0.15, 0.2) is 0 Å². The minimum absolute atomic E-state index is 0.113. The monoisotopic (exact) mass is 138 g/mol. The molecule has 0 radical (unpaired) electrons. The van der Waals surface area contributed by atoms with Gasteiger partial charge in [0, 0.05) is 0 Å². The Hall–Kier alpha value is -1.50. The van der Waals surface area contributed by atoms with E-state index in [1.54, 1.807) is 0 Å². The maximum Gasteiger partial charge on any atom is 0.235 e. The molecule has 1 atom stereocenters. The van der Waals surface area contributed by atoms with Gasteiger partial charge in [-0.15, -0.1) is 6.58 Å². The quantitative estimate of drug-likeness (QED) is 0.317. The van der Waals surface area contributed by atoms with Gasteiger partial charge >= 0.3 is 0 Å². The molecule has 52 valence electrons. The predicted molar refractivity (Wildman–Crippen MR) is 35.1 cm³/mol. The van der Waals surface area contributed by atoms with Gasteiger partial charge in [-0.1, -0.05) is 6.08 Å². The van der Waals surface area contributed by atoms with Crippen molar-refractivity contribution in [2.45, 2.75) is 6.04 Å². The lowest BCUT2D eigenvalue weighted by molar-refractivity contribution is 0.557. The Morgan fingerprint density at radius 2 is 2.20 bits per heavy atom. The molecule has 0 saturated heterocycles. The van der Waals surface area contributed by atoms with Gasteiger partial charge in [-0.3, -0.25) is 0 Å². The van der Waals surface area contributed by atoms with Gasteiger partial charge in [-0.25, -0.2) is 14.6 Å². The lowest BCUT2D eigenvalue weighted by atomic mass is 10.3. The molecule has 0 fully saturated rings. The molecule has 10 heavy (non-hydrogen) atoms. The molecule has 0 aromatic rings. The first-order valence-electron chi connectivity index (χ1n) is 2.58. The Balaban J connectivity index is 3.94. The third-order valence-electron chi connectivity index (χ3n) is 0.833. The number of hydrogen-bond donors (Lipinski definition) is 0. The number of rotatable bonds is 4. The smallest absolute Gasteiger partial charge is 0.211 e. The van der Waals surface area contributed by atoms with Gasteiger partial charge in [0.25, 0.3) is 0 Å². The molecule has 4 heteroatoms. The summed E-state index contributed by atoms with van der Waals surface area (Å²) in [6, 6.07) is -0.445. The van der Waals surface area contributed by atoms with E-state index in [0.29, 0.717) is 0 Å². The molecule has 0 aromatic carbocycles. The Morgan fingerprint density at radius 1 is 1.50 bits per heavy atom. The van der Waals surface area contributed by atoms with Crippen molar-refractivity contribution in [3.63, 3.8) is 0 Å². The fourth-order valence-corrected chi connectivity index (χ4v) is 0.367. The zero-order valence-corrected chi connectivity index (χ0v) is 5.28. The second-order valence-corrected chi connectivity index (χ2v) is 1.46. The highest BCUT2D eigenvalue weighted by Crippen LogP contribution is 1.89. The predicted octanol–water partition coefficient (Wildman–Crippen LogP) is 0.213. The molecule has 0 aliphatic carbocycles. The topological polar surface area (TPSA) is 58.9 Å². The van der Waals surface area contributed by atoms with Gasteiger partial charge in [0.2, 0.25) is 12.2 Å². The third kappa shape index (κ3) is 3.50. The number of nitrogens with zero attached hydrogens (tertiary/aromatic N) is 2. The van der Waals surface area contributed by atoms with Gasteiger partial charge in [-0.05, 0) is 0 Å². The maximum atomic E-state index is 9.66. The third-order valence-corrected chi connectivity index (χ3v) is 0.833. The van der Waals surface area contributed by atoms with Crippen LogP contribution in [0.4, 0.5) is 0 Å². The van der Waals surface area contributed by atoms with Crippen LogP contribution in [0.25, 0.3) is 0 Å². The van der Waals surface area contributed by atoms with E-state index < -0.39 is 6.04 Å². The number of hydrogen-bond acceptors (Lipinski definition) is 4. The normalized spacial score (nSPS) is 10.4. The summed E-state index contributed by atoms with van der Waals surface area (Å²) in [6.45, 7) is 3.48. The molecule has 0 aliphatic heterocycles. The van der Waals surface area contributed by atoms with Crippen molar-refractivity contribution < 1.29 is 9.59 Å². The van der Waals surface area contributed by atoms with Gasteiger partial charge in [0.1, 0.15) is 6.04 Å². The second-order valence-electron chi connectivity index (χ2n) is 1.46. The van der Waals surface area contributed by atoms with E-state index in [0.717, 1.165) is 0 Å². The summed E-state index contributed by atoms with van der Waals surface area (Å²) in [7, 11) is 0. The van der Waals surface area contributed by atoms with Crippen LogP contribution in [0.1, 0.15) is 0 Å². The zero-order valence-electron chi connectivity index (χ0n) is 5.28. The molecule has 0 rings (SSSR count). The van der Waals surface area contributed by atoms with Crippen LogP contribution in [0.2, 0.25) is 0 Å². The molecule has 0 heterocycles. The standard InChI is InChI=1S/C6H6N2O2/c1-2-6(8-5-10)3-7-4-9/h2,6H,1,3H2. The molecule has 0 aromatic heterocycles. The number of isocyanates is 2. The van der Waals surface area contributed by atoms with Crippen molar-refractivity contribution >= 4 is 12.2 Å². The minimum atomic E-state index is -0.445. The van der Waals surface area contributed by atoms with Crippen LogP contribution in [0.5, 0.6) is 0 Å². The molecule has 0 saturated carbocycles. The number of carbonyl (C=O) groups excluding carboxylic acids is 2. The van der Waals surface area contributed by atoms with Crippen LogP contribution >= 0.6 is 0 Å². The van der Waals surface area contributed by atoms with Crippen LogP contribution < -0.4 is 0 Å². The Labute approximate surface area is 58.0 Å². The molecule has 0 spiro atoms. The van der Waals surface area contributed by atoms with Crippen molar-refractivity contribution in [2.24, 2.45) is 9.98 Å². The summed E-state index contributed by atoms with van der Waals surface area (Å²) in [4.78, 5) is 25.7. The van der Waals surface area contributed by atoms with E-state index in [9.17, 15) is 9.59 Å². The largest absolute Gasteiger partial charge is 0.235 e. The first-order chi connectivity index (χ1) is 4.85. The Morgan fingerprint density at radius 3 is 2.60 bits per heavy atom. The van der Waals surface area contributed by atoms with Crippen LogP contribution in [-0.2, 0) is 9.59 Å². The molecular formula is C6H6N2O2. The average Bonchev–Trinajstić information content (AvgIpc) is 1.98. The lowest BCUT2D eigenvalue weighted by Gasteiger charge is -1.94. The maximum absolute atomic E-state index is 9.66. The summed E-state index contributed by atoms with van der Waals surface area (Å²) >= 11 is 0. The van der Waals surface area contributed by atoms with E-state index >= 15 is 0 Å². The molecule has 0 bridgehead atoms. The van der Waals surface area contributed by atoms with Gasteiger partial charge in [-0.2, -0.15) is 4.99 Å². The van der Waals surface area contributed by atoms with Crippen LogP contribution in [0.15, 0.2) is 22.6 Å². The highest BCUT2D eigenvalue weighted by atomic mass is 16.1. The highest BCUT2D eigenvalue weighted by Gasteiger charge is 1.96. The second kappa shape index (κ2) is 5.63. The fourth-order valence-electron chi connectivity index (χ4n) is 0.367. The van der Waals surface area contributed by atoms with Crippen molar-refractivity contribution in [1.82, 2.24) is 0 Å². The van der Waals surface area contributed by atoms with Gasteiger partial charge in [0.05, 0.1) is 6.54 Å². The van der Waals surface area contributed by atoms with E-state index in [4.69, 9.17) is 0 Å². The molecule has 4 nitrogen and oxygen atoms in total. The summed E-state index contributed by atoms with van der Waals surface area (Å²) < 4.78 is 0. The van der Waals surface area contributed by atoms with E-state index in [1.807, 2.05) is 0 Å². The van der Waals surface area contributed by atoms with Crippen molar-refractivity contribution in [3.8, 4) is 0 Å². The summed E-state index contributed by atoms with van der Waals surface area (Å²) in [5.74, 6) is 0. The first kappa shape index (κ1) is 8.50. The summed E-state index contributed by atoms with van der Waals surface area (Å²) in [5.41, 5.74) is 0. The van der Waals surface area contributed by atoms with Crippen LogP contribution in [0, 0.1) is 0 Å². The SMILES string of the molecule is C=CC(CN=C=O)N=C=O. The first-order valence-corrected chi connectivity index (χ1v) is 2.58. The van der Waals surface area contributed by atoms with Crippen LogP contribution in [-0.4, -0.2) is 24.7 Å². The van der Waals surface area contributed by atoms with Crippen molar-refractivity contribution in [3.05, 3.63) is 12.7 Å². The van der Waals surface area contributed by atoms with Crippen LogP contribution in [0.3, 0.4) is 0 Å². The zero-order chi connectivity index (χ0) is 7.82. The molecule has 0 aliphatic rings. The summed E-state index contributed by atoms with van der Waals surface area (Å²) in [5, 5.41) is 0. The molecule has 0 N–H and O–H groups in total. The van der Waals surface area contributed by atoms with E-state index in [-0.39, 0.29) is 6.54 Å². The highest BCUT2D eigenvalue weighted by molar-refractivity contribution is 5.35. The Kier molecular flexibility index (Phi) is 4.79. The molecule has 1 unspecified atom stereocenters. The van der Waals surface area contributed by atoms with Crippen molar-refractivity contribution in [1.29, 1.82) is 0 Å². The van der Waals surface area contributed by atoms with Gasteiger partial charge < -0.3 is 0 Å². The lowest BCUT2D eigenvalue weighted by Crippen LogP contribution is -2.03. The number of aliphatic imine (C=N–C) groups is 2. The molecular weight excluding hydrogens is 132 g/mol. The fraction of sp³-hybridized carbons (Fsp3) is 0.333. The average molecular weight is 138 g/mol.